The second-order valence-corrected chi connectivity index (χ2v) is 5.64. The molecular weight excluding hydrogens is 238 g/mol. The molecule has 0 aliphatic carbocycles. The average Bonchev–Trinajstić information content (AvgIpc) is 2.98. The summed E-state index contributed by atoms with van der Waals surface area (Å²) >= 11 is 3.37. The van der Waals surface area contributed by atoms with E-state index in [1.807, 2.05) is 21.7 Å². The number of rotatable bonds is 1. The highest BCUT2D eigenvalue weighted by molar-refractivity contribution is 7.10. The van der Waals surface area contributed by atoms with E-state index in [4.69, 9.17) is 0 Å². The van der Waals surface area contributed by atoms with E-state index in [0.717, 1.165) is 25.1 Å². The van der Waals surface area contributed by atoms with Crippen LogP contribution in [0.4, 0.5) is 0 Å². The van der Waals surface area contributed by atoms with Crippen LogP contribution in [0, 0.1) is 0 Å². The molecule has 3 rings (SSSR count). The monoisotopic (exact) mass is 249 g/mol. The minimum Gasteiger partial charge on any atom is -0.334 e. The summed E-state index contributed by atoms with van der Waals surface area (Å²) in [4.78, 5) is 15.5. The summed E-state index contributed by atoms with van der Waals surface area (Å²) in [6.07, 6.45) is 1.00. The number of carbonyl (C=O) groups is 1. The molecule has 4 heteroatoms. The Labute approximate surface area is 102 Å². The third kappa shape index (κ3) is 1.68. The van der Waals surface area contributed by atoms with E-state index in [2.05, 4.69) is 11.4 Å². The van der Waals surface area contributed by atoms with Gasteiger partial charge < -0.3 is 4.90 Å². The molecule has 0 fully saturated rings. The van der Waals surface area contributed by atoms with E-state index in [-0.39, 0.29) is 5.91 Å². The van der Waals surface area contributed by atoms with Crippen molar-refractivity contribution in [2.75, 3.05) is 6.54 Å². The van der Waals surface area contributed by atoms with E-state index in [1.54, 1.807) is 22.7 Å². The van der Waals surface area contributed by atoms with Gasteiger partial charge in [-0.2, -0.15) is 11.3 Å². The first-order valence-electron chi connectivity index (χ1n) is 5.21. The molecule has 16 heavy (non-hydrogen) atoms. The first-order chi connectivity index (χ1) is 7.84. The lowest BCUT2D eigenvalue weighted by molar-refractivity contribution is 0.0736. The molecule has 0 atom stereocenters. The molecule has 3 heterocycles. The van der Waals surface area contributed by atoms with Gasteiger partial charge >= 0.3 is 0 Å². The van der Waals surface area contributed by atoms with Crippen LogP contribution in [0.3, 0.4) is 0 Å². The summed E-state index contributed by atoms with van der Waals surface area (Å²) in [5, 5.41) is 5.99. The maximum absolute atomic E-state index is 12.1. The molecule has 0 radical (unpaired) electrons. The van der Waals surface area contributed by atoms with Crippen LogP contribution >= 0.6 is 22.7 Å². The number of nitrogens with zero attached hydrogens (tertiary/aromatic N) is 1. The highest BCUT2D eigenvalue weighted by Crippen LogP contribution is 2.25. The molecule has 0 saturated heterocycles. The Morgan fingerprint density at radius 2 is 2.25 bits per heavy atom. The second kappa shape index (κ2) is 4.03. The molecule has 1 aliphatic rings. The molecule has 82 valence electrons. The van der Waals surface area contributed by atoms with Crippen molar-refractivity contribution in [2.24, 2.45) is 0 Å². The van der Waals surface area contributed by atoms with Crippen LogP contribution in [0.1, 0.15) is 20.8 Å². The Morgan fingerprint density at radius 1 is 1.31 bits per heavy atom. The van der Waals surface area contributed by atoms with Crippen molar-refractivity contribution in [3.63, 3.8) is 0 Å². The van der Waals surface area contributed by atoms with Gasteiger partial charge in [-0.25, -0.2) is 0 Å². The molecule has 0 saturated carbocycles. The standard InChI is InChI=1S/C12H11NOS2/c14-12(10-2-5-15-8-10)13-4-1-11-9(7-13)3-6-16-11/h2-3,5-6,8H,1,4,7H2. The molecular formula is C12H11NOS2. The fraction of sp³-hybridized carbons (Fsp3) is 0.250. The van der Waals surface area contributed by atoms with E-state index in [1.165, 1.54) is 10.4 Å². The van der Waals surface area contributed by atoms with Gasteiger partial charge in [0, 0.05) is 23.3 Å². The lowest BCUT2D eigenvalue weighted by Crippen LogP contribution is -2.35. The highest BCUT2D eigenvalue weighted by atomic mass is 32.1. The molecule has 1 amide bonds. The Kier molecular flexibility index (Phi) is 2.53. The Bertz CT molecular complexity index is 501. The molecule has 2 aromatic rings. The van der Waals surface area contributed by atoms with Crippen LogP contribution in [0.25, 0.3) is 0 Å². The largest absolute Gasteiger partial charge is 0.334 e. The lowest BCUT2D eigenvalue weighted by atomic mass is 10.1. The first kappa shape index (κ1) is 10.1. The number of thiophene rings is 2. The summed E-state index contributed by atoms with van der Waals surface area (Å²) in [6, 6.07) is 4.03. The zero-order valence-electron chi connectivity index (χ0n) is 8.68. The summed E-state index contributed by atoms with van der Waals surface area (Å²) in [6.45, 7) is 1.62. The van der Waals surface area contributed by atoms with Gasteiger partial charge in [-0.05, 0) is 34.9 Å². The number of carbonyl (C=O) groups excluding carboxylic acids is 1. The summed E-state index contributed by atoms with van der Waals surface area (Å²) in [5.41, 5.74) is 2.14. The predicted molar refractivity (Wildman–Crippen MR) is 67.1 cm³/mol. The average molecular weight is 249 g/mol. The van der Waals surface area contributed by atoms with E-state index < -0.39 is 0 Å². The minimum absolute atomic E-state index is 0.165. The van der Waals surface area contributed by atoms with Gasteiger partial charge in [-0.3, -0.25) is 4.79 Å². The fourth-order valence-corrected chi connectivity index (χ4v) is 3.51. The summed E-state index contributed by atoms with van der Waals surface area (Å²) in [5.74, 6) is 0.165. The minimum atomic E-state index is 0.165. The van der Waals surface area contributed by atoms with Crippen LogP contribution in [0.2, 0.25) is 0 Å². The first-order valence-corrected chi connectivity index (χ1v) is 7.03. The Hall–Kier alpha value is -1.13. The smallest absolute Gasteiger partial charge is 0.255 e. The zero-order chi connectivity index (χ0) is 11.0. The van der Waals surface area contributed by atoms with Crippen LogP contribution in [0.5, 0.6) is 0 Å². The quantitative estimate of drug-likeness (QED) is 0.761. The number of hydrogen-bond acceptors (Lipinski definition) is 3. The van der Waals surface area contributed by atoms with Crippen LogP contribution in [-0.4, -0.2) is 17.4 Å². The highest BCUT2D eigenvalue weighted by Gasteiger charge is 2.22. The van der Waals surface area contributed by atoms with Gasteiger partial charge in [0.15, 0.2) is 0 Å². The molecule has 0 N–H and O–H groups in total. The lowest BCUT2D eigenvalue weighted by Gasteiger charge is -2.26. The van der Waals surface area contributed by atoms with Gasteiger partial charge in [0.05, 0.1) is 5.56 Å². The zero-order valence-corrected chi connectivity index (χ0v) is 10.3. The van der Waals surface area contributed by atoms with Crippen LogP contribution in [-0.2, 0) is 13.0 Å². The number of hydrogen-bond donors (Lipinski definition) is 0. The van der Waals surface area contributed by atoms with E-state index in [0.29, 0.717) is 0 Å². The van der Waals surface area contributed by atoms with Gasteiger partial charge in [0.25, 0.3) is 5.91 Å². The van der Waals surface area contributed by atoms with Crippen molar-refractivity contribution in [3.8, 4) is 0 Å². The summed E-state index contributed by atoms with van der Waals surface area (Å²) < 4.78 is 0. The van der Waals surface area contributed by atoms with Crippen LogP contribution in [0.15, 0.2) is 28.3 Å². The second-order valence-electron chi connectivity index (χ2n) is 3.86. The van der Waals surface area contributed by atoms with Crippen LogP contribution < -0.4 is 0 Å². The molecule has 2 aromatic heterocycles. The predicted octanol–water partition coefficient (Wildman–Crippen LogP) is 3.01. The van der Waals surface area contributed by atoms with Crippen molar-refractivity contribution in [1.29, 1.82) is 0 Å². The van der Waals surface area contributed by atoms with Crippen molar-refractivity contribution in [3.05, 3.63) is 44.3 Å². The van der Waals surface area contributed by atoms with Crippen molar-refractivity contribution in [2.45, 2.75) is 13.0 Å². The third-order valence-corrected chi connectivity index (χ3v) is 4.57. The van der Waals surface area contributed by atoms with Gasteiger partial charge in [0.1, 0.15) is 0 Å². The molecule has 1 aliphatic heterocycles. The normalized spacial score (nSPS) is 14.9. The topological polar surface area (TPSA) is 20.3 Å². The van der Waals surface area contributed by atoms with Gasteiger partial charge in [0.2, 0.25) is 0 Å². The third-order valence-electron chi connectivity index (χ3n) is 2.86. The van der Waals surface area contributed by atoms with Crippen molar-refractivity contribution >= 4 is 28.6 Å². The maximum atomic E-state index is 12.1. The van der Waals surface area contributed by atoms with E-state index in [9.17, 15) is 4.79 Å². The van der Waals surface area contributed by atoms with Crippen molar-refractivity contribution in [1.82, 2.24) is 4.90 Å². The number of amides is 1. The maximum Gasteiger partial charge on any atom is 0.255 e. The molecule has 0 unspecified atom stereocenters. The fourth-order valence-electron chi connectivity index (χ4n) is 1.99. The van der Waals surface area contributed by atoms with E-state index >= 15 is 0 Å². The summed E-state index contributed by atoms with van der Waals surface area (Å²) in [7, 11) is 0. The van der Waals surface area contributed by atoms with Crippen molar-refractivity contribution < 1.29 is 4.79 Å². The van der Waals surface area contributed by atoms with Gasteiger partial charge in [-0.15, -0.1) is 11.3 Å². The Morgan fingerprint density at radius 3 is 3.06 bits per heavy atom. The molecule has 0 spiro atoms. The van der Waals surface area contributed by atoms with Gasteiger partial charge in [-0.1, -0.05) is 0 Å². The SMILES string of the molecule is O=C(c1ccsc1)N1CCc2sccc2C1. The Balaban J connectivity index is 1.81. The molecule has 0 aromatic carbocycles. The molecule has 0 bridgehead atoms. The molecule has 2 nitrogen and oxygen atoms in total. The number of fused-ring (bicyclic) bond motifs is 1.